The first-order valence-corrected chi connectivity index (χ1v) is 8.93. The van der Waals surface area contributed by atoms with Gasteiger partial charge in [-0.2, -0.15) is 11.8 Å². The minimum absolute atomic E-state index is 0.0507. The van der Waals surface area contributed by atoms with E-state index in [1.807, 2.05) is 30.0 Å². The molecular formula is C16H23N3OS. The number of aryl methyl sites for hydroxylation is 1. The molecule has 4 nitrogen and oxygen atoms in total. The molecule has 3 rings (SSSR count). The van der Waals surface area contributed by atoms with Gasteiger partial charge in [-0.15, -0.1) is 0 Å². The maximum absolute atomic E-state index is 12.2. The van der Waals surface area contributed by atoms with E-state index in [0.29, 0.717) is 0 Å². The van der Waals surface area contributed by atoms with Gasteiger partial charge in [0, 0.05) is 55.5 Å². The van der Waals surface area contributed by atoms with E-state index in [9.17, 15) is 4.79 Å². The molecule has 5 heteroatoms. The largest absolute Gasteiger partial charge is 0.385 e. The van der Waals surface area contributed by atoms with Crippen LogP contribution in [0.15, 0.2) is 18.2 Å². The van der Waals surface area contributed by atoms with Gasteiger partial charge in [0.1, 0.15) is 0 Å². The van der Waals surface area contributed by atoms with Crippen LogP contribution in [0.1, 0.15) is 22.3 Å². The highest BCUT2D eigenvalue weighted by atomic mass is 32.2. The zero-order chi connectivity index (χ0) is 14.5. The second-order valence-corrected chi connectivity index (χ2v) is 6.84. The molecule has 2 aliphatic rings. The molecule has 1 aromatic carbocycles. The standard InChI is InChI=1S/C16H23N3OS/c20-16(18-6-7-19-8-10-21-11-9-19)14-3-4-15-13(12-14)2-1-5-17-15/h3-4,12,17H,1-2,5-11H2,(H,18,20). The molecule has 0 spiro atoms. The Hall–Kier alpha value is -1.20. The quantitative estimate of drug-likeness (QED) is 0.891. The van der Waals surface area contributed by atoms with E-state index in [1.165, 1.54) is 22.8 Å². The smallest absolute Gasteiger partial charge is 0.251 e. The number of nitrogens with zero attached hydrogens (tertiary/aromatic N) is 1. The van der Waals surface area contributed by atoms with Crippen LogP contribution >= 0.6 is 11.8 Å². The van der Waals surface area contributed by atoms with Crippen molar-refractivity contribution in [1.82, 2.24) is 10.2 Å². The lowest BCUT2D eigenvalue weighted by Crippen LogP contribution is -2.39. The summed E-state index contributed by atoms with van der Waals surface area (Å²) in [7, 11) is 0. The number of carbonyl (C=O) groups is 1. The molecule has 0 saturated carbocycles. The van der Waals surface area contributed by atoms with Gasteiger partial charge < -0.3 is 10.6 Å². The van der Waals surface area contributed by atoms with Gasteiger partial charge in [-0.25, -0.2) is 0 Å². The first-order chi connectivity index (χ1) is 10.3. The summed E-state index contributed by atoms with van der Waals surface area (Å²) in [6.45, 7) is 5.01. The maximum atomic E-state index is 12.2. The zero-order valence-corrected chi connectivity index (χ0v) is 13.2. The monoisotopic (exact) mass is 305 g/mol. The minimum Gasteiger partial charge on any atom is -0.385 e. The Morgan fingerprint density at radius 2 is 2.19 bits per heavy atom. The highest BCUT2D eigenvalue weighted by Crippen LogP contribution is 2.22. The lowest BCUT2D eigenvalue weighted by Gasteiger charge is -2.26. The van der Waals surface area contributed by atoms with Crippen molar-refractivity contribution in [2.24, 2.45) is 0 Å². The van der Waals surface area contributed by atoms with Gasteiger partial charge >= 0.3 is 0 Å². The van der Waals surface area contributed by atoms with Gasteiger partial charge in [0.25, 0.3) is 5.91 Å². The van der Waals surface area contributed by atoms with Crippen LogP contribution in [-0.2, 0) is 6.42 Å². The van der Waals surface area contributed by atoms with E-state index in [-0.39, 0.29) is 5.91 Å². The van der Waals surface area contributed by atoms with Crippen LogP contribution < -0.4 is 10.6 Å². The lowest BCUT2D eigenvalue weighted by molar-refractivity contribution is 0.0949. The van der Waals surface area contributed by atoms with Gasteiger partial charge in [0.15, 0.2) is 0 Å². The van der Waals surface area contributed by atoms with Crippen LogP contribution in [0.4, 0.5) is 5.69 Å². The van der Waals surface area contributed by atoms with Gasteiger partial charge in [0.05, 0.1) is 0 Å². The maximum Gasteiger partial charge on any atom is 0.251 e. The number of thioether (sulfide) groups is 1. The van der Waals surface area contributed by atoms with Gasteiger partial charge in [-0.3, -0.25) is 9.69 Å². The fraction of sp³-hybridized carbons (Fsp3) is 0.562. The molecule has 114 valence electrons. The van der Waals surface area contributed by atoms with Crippen LogP contribution in [0.3, 0.4) is 0 Å². The number of rotatable bonds is 4. The average Bonchev–Trinajstić information content (AvgIpc) is 2.55. The predicted octanol–water partition coefficient (Wildman–Crippen LogP) is 1.82. The number of carbonyl (C=O) groups excluding carboxylic acids is 1. The summed E-state index contributed by atoms with van der Waals surface area (Å²) in [6, 6.07) is 5.99. The number of hydrogen-bond acceptors (Lipinski definition) is 4. The van der Waals surface area contributed by atoms with Crippen LogP contribution in [0, 0.1) is 0 Å². The molecule has 1 fully saturated rings. The molecule has 0 atom stereocenters. The third-order valence-electron chi connectivity index (χ3n) is 4.12. The van der Waals surface area contributed by atoms with Crippen LogP contribution in [0.2, 0.25) is 0 Å². The van der Waals surface area contributed by atoms with Crippen molar-refractivity contribution in [3.63, 3.8) is 0 Å². The number of benzene rings is 1. The molecule has 21 heavy (non-hydrogen) atoms. The Morgan fingerprint density at radius 3 is 3.05 bits per heavy atom. The average molecular weight is 305 g/mol. The van der Waals surface area contributed by atoms with Crippen molar-refractivity contribution in [3.05, 3.63) is 29.3 Å². The summed E-state index contributed by atoms with van der Waals surface area (Å²) in [5, 5.41) is 6.42. The molecule has 2 aliphatic heterocycles. The van der Waals surface area contributed by atoms with E-state index in [4.69, 9.17) is 0 Å². The van der Waals surface area contributed by atoms with Crippen molar-refractivity contribution >= 4 is 23.4 Å². The lowest BCUT2D eigenvalue weighted by atomic mass is 10.0. The van der Waals surface area contributed by atoms with Crippen LogP contribution in [-0.4, -0.2) is 55.0 Å². The minimum atomic E-state index is 0.0507. The third kappa shape index (κ3) is 3.92. The summed E-state index contributed by atoms with van der Waals surface area (Å²) in [5.41, 5.74) is 3.23. The fourth-order valence-corrected chi connectivity index (χ4v) is 3.85. The fourth-order valence-electron chi connectivity index (χ4n) is 2.87. The summed E-state index contributed by atoms with van der Waals surface area (Å²) >= 11 is 2.01. The SMILES string of the molecule is O=C(NCCN1CCSCC1)c1ccc2c(c1)CCCN2. The molecule has 2 heterocycles. The molecule has 2 N–H and O–H groups in total. The second kappa shape index (κ2) is 7.18. The molecule has 0 radical (unpaired) electrons. The van der Waals surface area contributed by atoms with E-state index in [1.54, 1.807) is 0 Å². The Kier molecular flexibility index (Phi) is 5.04. The number of hydrogen-bond donors (Lipinski definition) is 2. The first-order valence-electron chi connectivity index (χ1n) is 7.78. The summed E-state index contributed by atoms with van der Waals surface area (Å²) < 4.78 is 0. The third-order valence-corrected chi connectivity index (χ3v) is 5.07. The Morgan fingerprint density at radius 1 is 1.33 bits per heavy atom. The van der Waals surface area contributed by atoms with E-state index in [0.717, 1.165) is 51.1 Å². The van der Waals surface area contributed by atoms with Crippen LogP contribution in [0.25, 0.3) is 0 Å². The summed E-state index contributed by atoms with van der Waals surface area (Å²) in [4.78, 5) is 14.6. The van der Waals surface area contributed by atoms with Crippen molar-refractivity contribution in [2.75, 3.05) is 49.5 Å². The molecule has 1 amide bonds. The number of fused-ring (bicyclic) bond motifs is 1. The summed E-state index contributed by atoms with van der Waals surface area (Å²) in [6.07, 6.45) is 2.21. The van der Waals surface area contributed by atoms with E-state index >= 15 is 0 Å². The Balaban J connectivity index is 1.50. The molecular weight excluding hydrogens is 282 g/mol. The zero-order valence-electron chi connectivity index (χ0n) is 12.4. The Bertz CT molecular complexity index is 500. The van der Waals surface area contributed by atoms with Crippen molar-refractivity contribution in [2.45, 2.75) is 12.8 Å². The van der Waals surface area contributed by atoms with Crippen molar-refractivity contribution in [1.29, 1.82) is 0 Å². The van der Waals surface area contributed by atoms with E-state index in [2.05, 4.69) is 15.5 Å². The van der Waals surface area contributed by atoms with Crippen molar-refractivity contribution < 1.29 is 4.79 Å². The highest BCUT2D eigenvalue weighted by molar-refractivity contribution is 7.99. The predicted molar refractivity (Wildman–Crippen MR) is 89.4 cm³/mol. The molecule has 1 saturated heterocycles. The Labute approximate surface area is 130 Å². The number of amides is 1. The second-order valence-electron chi connectivity index (χ2n) is 5.61. The van der Waals surface area contributed by atoms with Crippen LogP contribution in [0.5, 0.6) is 0 Å². The topological polar surface area (TPSA) is 44.4 Å². The molecule has 0 unspecified atom stereocenters. The highest BCUT2D eigenvalue weighted by Gasteiger charge is 2.13. The molecule has 0 aromatic heterocycles. The first kappa shape index (κ1) is 14.7. The number of anilines is 1. The number of nitrogens with one attached hydrogen (secondary N) is 2. The van der Waals surface area contributed by atoms with Crippen molar-refractivity contribution in [3.8, 4) is 0 Å². The van der Waals surface area contributed by atoms with Gasteiger partial charge in [0.2, 0.25) is 0 Å². The molecule has 0 bridgehead atoms. The molecule has 1 aromatic rings. The van der Waals surface area contributed by atoms with E-state index < -0.39 is 0 Å². The molecule has 0 aliphatic carbocycles. The normalized spacial score (nSPS) is 18.7. The van der Waals surface area contributed by atoms with Gasteiger partial charge in [-0.05, 0) is 36.6 Å². The van der Waals surface area contributed by atoms with Gasteiger partial charge in [-0.1, -0.05) is 0 Å². The summed E-state index contributed by atoms with van der Waals surface area (Å²) in [5.74, 6) is 2.48.